The van der Waals surface area contributed by atoms with Gasteiger partial charge in [0.25, 0.3) is 0 Å². The molecule has 9 heteroatoms. The molecule has 9 nitrogen and oxygen atoms in total. The standard InChI is InChI=1S/C33H41N3O6/c1-33(2,3)42-32(41)35-28(20-25-15-9-5-10-16-25)30(38)23-36(21-26-17-11-6-12-18-26)22-29(37)27(34-31(39)40)19-24-13-7-4-8-14-24/h4-18,27-28,30,34,38H,19-23H2,1-3H3,(H,35,41)(H,39,40)/t27-,28-,30?/m0/s1. The first-order valence-corrected chi connectivity index (χ1v) is 14.0. The first kappa shape index (κ1) is 32.3. The van der Waals surface area contributed by atoms with E-state index < -0.39 is 36.0 Å². The van der Waals surface area contributed by atoms with Crippen LogP contribution in [0.2, 0.25) is 0 Å². The Labute approximate surface area is 247 Å². The van der Waals surface area contributed by atoms with Gasteiger partial charge in [-0.3, -0.25) is 9.69 Å². The highest BCUT2D eigenvalue weighted by molar-refractivity contribution is 5.89. The molecule has 42 heavy (non-hydrogen) atoms. The molecule has 0 fully saturated rings. The van der Waals surface area contributed by atoms with E-state index in [0.29, 0.717) is 13.0 Å². The van der Waals surface area contributed by atoms with Gasteiger partial charge in [-0.05, 0) is 50.3 Å². The molecule has 2 amide bonds. The molecule has 0 saturated heterocycles. The Morgan fingerprint density at radius 2 is 1.29 bits per heavy atom. The lowest BCUT2D eigenvalue weighted by atomic mass is 9.99. The predicted octanol–water partition coefficient (Wildman–Crippen LogP) is 4.43. The van der Waals surface area contributed by atoms with Crippen molar-refractivity contribution in [3.63, 3.8) is 0 Å². The number of nitrogens with zero attached hydrogens (tertiary/aromatic N) is 1. The van der Waals surface area contributed by atoms with E-state index >= 15 is 0 Å². The van der Waals surface area contributed by atoms with Gasteiger partial charge in [-0.2, -0.15) is 0 Å². The van der Waals surface area contributed by atoms with Crippen LogP contribution in [0.5, 0.6) is 0 Å². The number of nitrogens with one attached hydrogen (secondary N) is 2. The third kappa shape index (κ3) is 11.7. The van der Waals surface area contributed by atoms with Crippen molar-refractivity contribution in [2.24, 2.45) is 0 Å². The van der Waals surface area contributed by atoms with E-state index in [2.05, 4.69) is 10.6 Å². The van der Waals surface area contributed by atoms with Gasteiger partial charge in [0, 0.05) is 13.1 Å². The number of ketones is 1. The zero-order valence-corrected chi connectivity index (χ0v) is 24.4. The fraction of sp³-hybridized carbons (Fsp3) is 0.364. The number of carbonyl (C=O) groups excluding carboxylic acids is 2. The summed E-state index contributed by atoms with van der Waals surface area (Å²) in [4.78, 5) is 39.6. The van der Waals surface area contributed by atoms with Crippen molar-refractivity contribution in [3.05, 3.63) is 108 Å². The minimum Gasteiger partial charge on any atom is -0.465 e. The minimum atomic E-state index is -1.29. The summed E-state index contributed by atoms with van der Waals surface area (Å²) >= 11 is 0. The number of amides is 2. The van der Waals surface area contributed by atoms with Crippen LogP contribution in [-0.4, -0.2) is 70.0 Å². The lowest BCUT2D eigenvalue weighted by Crippen LogP contribution is -2.52. The fourth-order valence-corrected chi connectivity index (χ4v) is 4.60. The molecule has 0 heterocycles. The highest BCUT2D eigenvalue weighted by atomic mass is 16.6. The maximum absolute atomic E-state index is 13.5. The second kappa shape index (κ2) is 15.7. The number of ether oxygens (including phenoxy) is 1. The molecule has 0 aliphatic carbocycles. The SMILES string of the molecule is CC(C)(C)OC(=O)N[C@@H](Cc1ccccc1)C(O)CN(CC(=O)[C@H](Cc1ccccc1)NC(=O)O)Cc1ccccc1. The first-order chi connectivity index (χ1) is 20.0. The average Bonchev–Trinajstić information content (AvgIpc) is 2.92. The van der Waals surface area contributed by atoms with Gasteiger partial charge < -0.3 is 25.6 Å². The summed E-state index contributed by atoms with van der Waals surface area (Å²) in [6.07, 6.45) is -2.48. The van der Waals surface area contributed by atoms with Gasteiger partial charge in [0.2, 0.25) is 0 Å². The van der Waals surface area contributed by atoms with Gasteiger partial charge in [0.15, 0.2) is 5.78 Å². The van der Waals surface area contributed by atoms with Crippen LogP contribution in [0.4, 0.5) is 9.59 Å². The molecular formula is C33H41N3O6. The Balaban J connectivity index is 1.82. The van der Waals surface area contributed by atoms with Crippen molar-refractivity contribution in [2.45, 2.75) is 63.9 Å². The highest BCUT2D eigenvalue weighted by Crippen LogP contribution is 2.14. The molecule has 0 aromatic heterocycles. The van der Waals surface area contributed by atoms with Crippen LogP contribution in [0.15, 0.2) is 91.0 Å². The third-order valence-electron chi connectivity index (χ3n) is 6.51. The number of rotatable bonds is 14. The van der Waals surface area contributed by atoms with E-state index in [1.165, 1.54) is 0 Å². The Morgan fingerprint density at radius 1 is 0.786 bits per heavy atom. The zero-order chi connectivity index (χ0) is 30.5. The summed E-state index contributed by atoms with van der Waals surface area (Å²) in [7, 11) is 0. The summed E-state index contributed by atoms with van der Waals surface area (Å²) in [6.45, 7) is 5.55. The van der Waals surface area contributed by atoms with E-state index in [1.54, 1.807) is 25.7 Å². The zero-order valence-electron chi connectivity index (χ0n) is 24.4. The van der Waals surface area contributed by atoms with Crippen LogP contribution >= 0.6 is 0 Å². The maximum Gasteiger partial charge on any atom is 0.407 e. The second-order valence-electron chi connectivity index (χ2n) is 11.3. The lowest BCUT2D eigenvalue weighted by molar-refractivity contribution is -0.122. The predicted molar refractivity (Wildman–Crippen MR) is 161 cm³/mol. The monoisotopic (exact) mass is 575 g/mol. The molecule has 0 bridgehead atoms. The summed E-state index contributed by atoms with van der Waals surface area (Å²) in [5.41, 5.74) is 1.94. The van der Waals surface area contributed by atoms with Gasteiger partial charge in [-0.25, -0.2) is 9.59 Å². The second-order valence-corrected chi connectivity index (χ2v) is 11.3. The number of aliphatic hydroxyl groups excluding tert-OH is 1. The number of aliphatic hydroxyl groups is 1. The first-order valence-electron chi connectivity index (χ1n) is 14.0. The van der Waals surface area contributed by atoms with E-state index in [-0.39, 0.29) is 25.3 Å². The fourth-order valence-electron chi connectivity index (χ4n) is 4.60. The summed E-state index contributed by atoms with van der Waals surface area (Å²) in [5, 5.41) is 26.1. The molecule has 1 unspecified atom stereocenters. The number of Topliss-reactive ketones (excluding diaryl/α,β-unsaturated/α-hetero) is 1. The molecule has 224 valence electrons. The van der Waals surface area contributed by atoms with E-state index in [4.69, 9.17) is 4.74 Å². The highest BCUT2D eigenvalue weighted by Gasteiger charge is 2.29. The molecule has 0 spiro atoms. The molecule has 3 aromatic carbocycles. The third-order valence-corrected chi connectivity index (χ3v) is 6.51. The molecule has 0 radical (unpaired) electrons. The summed E-state index contributed by atoms with van der Waals surface area (Å²) in [6, 6.07) is 26.5. The van der Waals surface area contributed by atoms with Crippen LogP contribution in [-0.2, 0) is 28.9 Å². The number of carbonyl (C=O) groups is 3. The largest absolute Gasteiger partial charge is 0.465 e. The van der Waals surface area contributed by atoms with Crippen LogP contribution in [0, 0.1) is 0 Å². The van der Waals surface area contributed by atoms with Crippen molar-refractivity contribution >= 4 is 18.0 Å². The number of carboxylic acid groups (broad SMARTS) is 1. The number of benzene rings is 3. The Hall–Kier alpha value is -4.21. The molecule has 4 N–H and O–H groups in total. The van der Waals surface area contributed by atoms with E-state index in [1.807, 2.05) is 91.0 Å². The molecular weight excluding hydrogens is 534 g/mol. The Bertz CT molecular complexity index is 1270. The number of hydrogen-bond donors (Lipinski definition) is 4. The van der Waals surface area contributed by atoms with Crippen molar-refractivity contribution in [1.29, 1.82) is 0 Å². The summed E-state index contributed by atoms with van der Waals surface area (Å²) < 4.78 is 5.45. The van der Waals surface area contributed by atoms with Gasteiger partial charge in [0.1, 0.15) is 5.60 Å². The molecule has 3 rings (SSSR count). The number of hydrogen-bond acceptors (Lipinski definition) is 6. The normalized spacial score (nSPS) is 13.5. The van der Waals surface area contributed by atoms with Gasteiger partial charge >= 0.3 is 12.2 Å². The van der Waals surface area contributed by atoms with Gasteiger partial charge in [-0.15, -0.1) is 0 Å². The van der Waals surface area contributed by atoms with Crippen molar-refractivity contribution < 1.29 is 29.3 Å². The molecule has 0 aliphatic rings. The van der Waals surface area contributed by atoms with Crippen LogP contribution in [0.1, 0.15) is 37.5 Å². The summed E-state index contributed by atoms with van der Waals surface area (Å²) in [5.74, 6) is -0.330. The number of alkyl carbamates (subject to hydrolysis) is 1. The molecule has 0 aliphatic heterocycles. The van der Waals surface area contributed by atoms with Crippen LogP contribution in [0.25, 0.3) is 0 Å². The van der Waals surface area contributed by atoms with E-state index in [9.17, 15) is 24.6 Å². The van der Waals surface area contributed by atoms with Crippen molar-refractivity contribution in [2.75, 3.05) is 13.1 Å². The lowest BCUT2D eigenvalue weighted by Gasteiger charge is -2.31. The average molecular weight is 576 g/mol. The minimum absolute atomic E-state index is 0.0407. The van der Waals surface area contributed by atoms with Crippen molar-refractivity contribution in [3.8, 4) is 0 Å². The Kier molecular flexibility index (Phi) is 12.1. The Morgan fingerprint density at radius 3 is 1.79 bits per heavy atom. The van der Waals surface area contributed by atoms with Crippen LogP contribution < -0.4 is 10.6 Å². The maximum atomic E-state index is 13.5. The van der Waals surface area contributed by atoms with Crippen LogP contribution in [0.3, 0.4) is 0 Å². The molecule has 3 aromatic rings. The molecule has 0 saturated carbocycles. The molecule has 3 atom stereocenters. The van der Waals surface area contributed by atoms with E-state index in [0.717, 1.165) is 16.7 Å². The topological polar surface area (TPSA) is 128 Å². The smallest absolute Gasteiger partial charge is 0.407 e. The van der Waals surface area contributed by atoms with Gasteiger partial charge in [0.05, 0.1) is 24.7 Å². The van der Waals surface area contributed by atoms with Gasteiger partial charge in [-0.1, -0.05) is 91.0 Å². The van der Waals surface area contributed by atoms with Crippen molar-refractivity contribution in [1.82, 2.24) is 15.5 Å². The quantitative estimate of drug-likeness (QED) is 0.224.